The summed E-state index contributed by atoms with van der Waals surface area (Å²) in [5.41, 5.74) is 0. The van der Waals surface area contributed by atoms with Crippen LogP contribution >= 0.6 is 11.8 Å². The molecule has 1 aliphatic rings. The number of amides is 1. The minimum atomic E-state index is -0.112. The monoisotopic (exact) mass is 187 g/mol. The zero-order chi connectivity index (χ0) is 8.97. The second kappa shape index (κ2) is 4.72. The van der Waals surface area contributed by atoms with Crippen molar-refractivity contribution in [2.45, 2.75) is 24.6 Å². The highest BCUT2D eigenvalue weighted by atomic mass is 32.2. The molecule has 0 aromatic carbocycles. The molecule has 1 rings (SSSR count). The predicted molar refractivity (Wildman–Crippen MR) is 51.4 cm³/mol. The molecule has 4 heteroatoms. The Morgan fingerprint density at radius 2 is 2.50 bits per heavy atom. The van der Waals surface area contributed by atoms with Gasteiger partial charge in [-0.1, -0.05) is 6.92 Å². The summed E-state index contributed by atoms with van der Waals surface area (Å²) in [5.74, 6) is 1.13. The summed E-state index contributed by atoms with van der Waals surface area (Å²) in [6, 6.07) is -0.112. The molecule has 1 N–H and O–H groups in total. The van der Waals surface area contributed by atoms with Crippen LogP contribution < -0.4 is 10.6 Å². The van der Waals surface area contributed by atoms with Crippen molar-refractivity contribution in [3.8, 4) is 0 Å². The van der Waals surface area contributed by atoms with Crippen LogP contribution in [0.3, 0.4) is 0 Å². The first-order valence-corrected chi connectivity index (χ1v) is 5.34. The Morgan fingerprint density at radius 1 is 1.75 bits per heavy atom. The molecule has 69 valence electrons. The highest BCUT2D eigenvalue weighted by molar-refractivity contribution is 8.00. The molecule has 1 fully saturated rings. The lowest BCUT2D eigenvalue weighted by atomic mass is 10.1. The van der Waals surface area contributed by atoms with Crippen LogP contribution in [-0.4, -0.2) is 36.5 Å². The Hall–Kier alpha value is -0.220. The van der Waals surface area contributed by atoms with Crippen LogP contribution in [0.2, 0.25) is 0 Å². The molecular formula is C8H15N2OS. The largest absolute Gasteiger partial charge is 0.358 e. The van der Waals surface area contributed by atoms with E-state index in [2.05, 4.69) is 17.6 Å². The number of thioether (sulfide) groups is 1. The maximum atomic E-state index is 11.3. The molecule has 1 amide bonds. The fraction of sp³-hybridized carbons (Fsp3) is 0.875. The van der Waals surface area contributed by atoms with Gasteiger partial charge in [-0.15, -0.1) is 0 Å². The summed E-state index contributed by atoms with van der Waals surface area (Å²) in [4.78, 5) is 11.3. The fourth-order valence-electron chi connectivity index (χ4n) is 1.35. The van der Waals surface area contributed by atoms with E-state index < -0.39 is 0 Å². The Morgan fingerprint density at radius 3 is 3.08 bits per heavy atom. The number of hydrogen-bond donors (Lipinski definition) is 1. The van der Waals surface area contributed by atoms with E-state index in [1.165, 1.54) is 0 Å². The summed E-state index contributed by atoms with van der Waals surface area (Å²) in [5, 5.41) is 7.36. The molecule has 1 aliphatic heterocycles. The van der Waals surface area contributed by atoms with Crippen molar-refractivity contribution in [1.82, 2.24) is 10.6 Å². The van der Waals surface area contributed by atoms with Gasteiger partial charge in [0.2, 0.25) is 5.91 Å². The molecule has 12 heavy (non-hydrogen) atoms. The van der Waals surface area contributed by atoms with Crippen molar-refractivity contribution in [3.05, 3.63) is 0 Å². The van der Waals surface area contributed by atoms with E-state index >= 15 is 0 Å². The van der Waals surface area contributed by atoms with Crippen LogP contribution in [-0.2, 0) is 4.79 Å². The molecule has 0 bridgehead atoms. The standard InChI is InChI=1S/C8H15N2OS/c1-3-6-7(8(11)9-2)10-4-5-12-6/h6-7H,3-5H2,1-2H3,(H,9,11). The average molecular weight is 187 g/mol. The third-order valence-corrected chi connectivity index (χ3v) is 3.46. The fourth-order valence-corrected chi connectivity index (χ4v) is 2.49. The van der Waals surface area contributed by atoms with Gasteiger partial charge in [0.05, 0.1) is 0 Å². The number of nitrogens with zero attached hydrogens (tertiary/aromatic N) is 1. The van der Waals surface area contributed by atoms with Gasteiger partial charge in [0.25, 0.3) is 0 Å². The SMILES string of the molecule is CCC1SCC[N]C1C(=O)NC. The minimum absolute atomic E-state index is 0.0639. The molecule has 1 heterocycles. The minimum Gasteiger partial charge on any atom is -0.358 e. The van der Waals surface area contributed by atoms with E-state index in [-0.39, 0.29) is 11.9 Å². The van der Waals surface area contributed by atoms with Crippen LogP contribution in [0.1, 0.15) is 13.3 Å². The molecule has 0 saturated carbocycles. The number of carbonyl (C=O) groups excluding carboxylic acids is 1. The summed E-state index contributed by atoms with van der Waals surface area (Å²) in [6.45, 7) is 2.92. The second-order valence-corrected chi connectivity index (χ2v) is 4.13. The van der Waals surface area contributed by atoms with Gasteiger partial charge in [-0.3, -0.25) is 4.79 Å². The lowest BCUT2D eigenvalue weighted by molar-refractivity contribution is -0.122. The number of nitrogens with one attached hydrogen (secondary N) is 1. The van der Waals surface area contributed by atoms with Gasteiger partial charge in [-0.2, -0.15) is 11.8 Å². The first kappa shape index (κ1) is 9.86. The molecule has 0 aliphatic carbocycles. The lowest BCUT2D eigenvalue weighted by Crippen LogP contribution is -2.48. The Bertz CT molecular complexity index is 163. The molecule has 3 nitrogen and oxygen atoms in total. The first-order chi connectivity index (χ1) is 5.79. The molecule has 0 spiro atoms. The van der Waals surface area contributed by atoms with E-state index in [1.54, 1.807) is 7.05 Å². The van der Waals surface area contributed by atoms with Crippen LogP contribution in [0, 0.1) is 0 Å². The molecule has 2 atom stereocenters. The molecule has 1 radical (unpaired) electrons. The van der Waals surface area contributed by atoms with Gasteiger partial charge in [-0.05, 0) is 6.42 Å². The third-order valence-electron chi connectivity index (χ3n) is 2.02. The van der Waals surface area contributed by atoms with Crippen LogP contribution in [0.5, 0.6) is 0 Å². The number of likely N-dealkylation sites (N-methyl/N-ethyl adjacent to an activating group) is 1. The van der Waals surface area contributed by atoms with Crippen molar-refractivity contribution in [2.24, 2.45) is 0 Å². The Labute approximate surface area is 77.7 Å². The Kier molecular flexibility index (Phi) is 3.88. The normalized spacial score (nSPS) is 29.8. The van der Waals surface area contributed by atoms with E-state index in [0.29, 0.717) is 5.25 Å². The molecule has 1 saturated heterocycles. The molecule has 2 unspecified atom stereocenters. The highest BCUT2D eigenvalue weighted by Gasteiger charge is 2.30. The third kappa shape index (κ3) is 2.14. The van der Waals surface area contributed by atoms with Crippen molar-refractivity contribution in [1.29, 1.82) is 0 Å². The smallest absolute Gasteiger partial charge is 0.239 e. The molecule has 0 aromatic heterocycles. The lowest BCUT2D eigenvalue weighted by Gasteiger charge is -2.28. The maximum absolute atomic E-state index is 11.3. The van der Waals surface area contributed by atoms with Crippen molar-refractivity contribution >= 4 is 17.7 Å². The predicted octanol–water partition coefficient (Wildman–Crippen LogP) is 0.231. The summed E-state index contributed by atoms with van der Waals surface area (Å²) >= 11 is 1.86. The van der Waals surface area contributed by atoms with Gasteiger partial charge >= 0.3 is 0 Å². The topological polar surface area (TPSA) is 43.2 Å². The molecule has 0 aromatic rings. The van der Waals surface area contributed by atoms with E-state index in [9.17, 15) is 4.79 Å². The van der Waals surface area contributed by atoms with Crippen molar-refractivity contribution < 1.29 is 4.79 Å². The van der Waals surface area contributed by atoms with Gasteiger partial charge in [-0.25, -0.2) is 5.32 Å². The van der Waals surface area contributed by atoms with Crippen molar-refractivity contribution in [2.75, 3.05) is 19.3 Å². The first-order valence-electron chi connectivity index (χ1n) is 4.29. The highest BCUT2D eigenvalue weighted by Crippen LogP contribution is 2.22. The van der Waals surface area contributed by atoms with Gasteiger partial charge in [0, 0.05) is 24.6 Å². The Balaban J connectivity index is 2.52. The van der Waals surface area contributed by atoms with Gasteiger partial charge in [0.15, 0.2) is 0 Å². The summed E-state index contributed by atoms with van der Waals surface area (Å²) in [7, 11) is 1.67. The zero-order valence-corrected chi connectivity index (χ0v) is 8.36. The number of rotatable bonds is 2. The quantitative estimate of drug-likeness (QED) is 0.672. The van der Waals surface area contributed by atoms with E-state index in [1.807, 2.05) is 11.8 Å². The molecular weight excluding hydrogens is 172 g/mol. The number of hydrogen-bond acceptors (Lipinski definition) is 2. The van der Waals surface area contributed by atoms with Crippen LogP contribution in [0.25, 0.3) is 0 Å². The van der Waals surface area contributed by atoms with Crippen molar-refractivity contribution in [3.63, 3.8) is 0 Å². The number of carbonyl (C=O) groups is 1. The van der Waals surface area contributed by atoms with Gasteiger partial charge < -0.3 is 5.32 Å². The zero-order valence-electron chi connectivity index (χ0n) is 7.54. The van der Waals surface area contributed by atoms with Crippen LogP contribution in [0.4, 0.5) is 0 Å². The van der Waals surface area contributed by atoms with E-state index in [4.69, 9.17) is 0 Å². The van der Waals surface area contributed by atoms with E-state index in [0.717, 1.165) is 18.7 Å². The average Bonchev–Trinajstić information content (AvgIpc) is 2.16. The van der Waals surface area contributed by atoms with Crippen LogP contribution in [0.15, 0.2) is 0 Å². The maximum Gasteiger partial charge on any atom is 0.239 e. The summed E-state index contributed by atoms with van der Waals surface area (Å²) in [6.07, 6.45) is 1.02. The van der Waals surface area contributed by atoms with Gasteiger partial charge in [0.1, 0.15) is 6.04 Å². The second-order valence-electron chi connectivity index (χ2n) is 2.78. The summed E-state index contributed by atoms with van der Waals surface area (Å²) < 4.78 is 0.